The Morgan fingerprint density at radius 2 is 1.70 bits per heavy atom. The number of halogens is 1. The molecule has 0 heterocycles. The summed E-state index contributed by atoms with van der Waals surface area (Å²) in [4.78, 5) is 27.2. The molecule has 1 atom stereocenters. The molecule has 6 heteroatoms. The zero-order valence-corrected chi connectivity index (χ0v) is 19.8. The molecule has 0 aliphatic carbocycles. The zero-order chi connectivity index (χ0) is 22.1. The van der Waals surface area contributed by atoms with E-state index < -0.39 is 6.04 Å². The van der Waals surface area contributed by atoms with Crippen molar-refractivity contribution in [3.8, 4) is 0 Å². The molecule has 4 nitrogen and oxygen atoms in total. The molecule has 1 N–H and O–H groups in total. The van der Waals surface area contributed by atoms with Crippen molar-refractivity contribution < 1.29 is 9.59 Å². The van der Waals surface area contributed by atoms with Crippen LogP contribution in [-0.4, -0.2) is 35.1 Å². The van der Waals surface area contributed by atoms with Gasteiger partial charge in [-0.3, -0.25) is 9.59 Å². The summed E-state index contributed by atoms with van der Waals surface area (Å²) in [5.74, 6) is 0.919. The first-order chi connectivity index (χ1) is 14.3. The van der Waals surface area contributed by atoms with Crippen LogP contribution in [0.4, 0.5) is 0 Å². The van der Waals surface area contributed by atoms with Crippen molar-refractivity contribution in [1.29, 1.82) is 0 Å². The number of carbonyl (C=O) groups excluding carboxylic acids is 2. The lowest BCUT2D eigenvalue weighted by Crippen LogP contribution is -2.48. The molecule has 0 aliphatic heterocycles. The summed E-state index contributed by atoms with van der Waals surface area (Å²) in [7, 11) is 0. The highest BCUT2D eigenvalue weighted by Gasteiger charge is 2.25. The normalized spacial score (nSPS) is 11.8. The molecule has 0 radical (unpaired) electrons. The number of hydrogen-bond acceptors (Lipinski definition) is 3. The molecular weight excluding hydrogens is 416 g/mol. The van der Waals surface area contributed by atoms with Gasteiger partial charge in [-0.05, 0) is 50.5 Å². The summed E-state index contributed by atoms with van der Waals surface area (Å²) in [6, 6.07) is 13.3. The fourth-order valence-corrected chi connectivity index (χ4v) is 4.23. The van der Waals surface area contributed by atoms with Gasteiger partial charge in [-0.1, -0.05) is 60.0 Å². The molecule has 0 spiro atoms. The summed E-state index contributed by atoms with van der Waals surface area (Å²) in [6.45, 7) is 8.93. The third-order valence-corrected chi connectivity index (χ3v) is 6.00. The number of nitrogens with one attached hydrogen (secondary N) is 1. The Hall–Kier alpha value is -1.98. The van der Waals surface area contributed by atoms with Gasteiger partial charge in [-0.2, -0.15) is 0 Å². The lowest BCUT2D eigenvalue weighted by atomic mass is 10.1. The van der Waals surface area contributed by atoms with E-state index in [1.54, 1.807) is 35.7 Å². The first-order valence-corrected chi connectivity index (χ1v) is 11.8. The molecule has 30 heavy (non-hydrogen) atoms. The Labute approximate surface area is 189 Å². The van der Waals surface area contributed by atoms with Gasteiger partial charge in [0.05, 0.1) is 5.75 Å². The average molecular weight is 447 g/mol. The molecule has 0 bridgehead atoms. The molecule has 0 aliphatic rings. The van der Waals surface area contributed by atoms with Crippen molar-refractivity contribution in [2.45, 2.75) is 52.5 Å². The third kappa shape index (κ3) is 7.69. The van der Waals surface area contributed by atoms with Crippen LogP contribution in [0.15, 0.2) is 42.5 Å². The van der Waals surface area contributed by atoms with Crippen molar-refractivity contribution in [2.75, 3.05) is 12.3 Å². The Kier molecular flexibility index (Phi) is 9.73. The van der Waals surface area contributed by atoms with Crippen LogP contribution in [0, 0.1) is 13.8 Å². The topological polar surface area (TPSA) is 49.4 Å². The van der Waals surface area contributed by atoms with Crippen molar-refractivity contribution in [3.63, 3.8) is 0 Å². The number of nitrogens with zero attached hydrogens (tertiary/aromatic N) is 1. The van der Waals surface area contributed by atoms with E-state index in [4.69, 9.17) is 11.6 Å². The van der Waals surface area contributed by atoms with Crippen LogP contribution in [0.5, 0.6) is 0 Å². The Morgan fingerprint density at radius 3 is 2.30 bits per heavy atom. The number of rotatable bonds is 10. The van der Waals surface area contributed by atoms with E-state index in [-0.39, 0.29) is 11.8 Å². The minimum Gasteiger partial charge on any atom is -0.354 e. The predicted molar refractivity (Wildman–Crippen MR) is 127 cm³/mol. The number of aryl methyl sites for hydroxylation is 2. The third-order valence-electron chi connectivity index (χ3n) is 4.76. The summed E-state index contributed by atoms with van der Waals surface area (Å²) < 4.78 is 0. The molecule has 2 aromatic carbocycles. The van der Waals surface area contributed by atoms with Crippen LogP contribution in [0.2, 0.25) is 5.02 Å². The molecule has 2 aromatic rings. The standard InChI is InChI=1S/C24H31ClN2O2S/c1-5-10-26-24(29)19(4)27(14-20-6-8-22(25)9-7-20)23(28)16-30-15-21-12-17(2)11-18(3)13-21/h6-9,11-13,19H,5,10,14-16H2,1-4H3,(H,26,29). The molecule has 0 saturated heterocycles. The van der Waals surface area contributed by atoms with Crippen LogP contribution < -0.4 is 5.32 Å². The molecule has 0 fully saturated rings. The Balaban J connectivity index is 2.06. The van der Waals surface area contributed by atoms with Crippen LogP contribution in [0.1, 0.15) is 42.5 Å². The first-order valence-electron chi connectivity index (χ1n) is 10.3. The van der Waals surface area contributed by atoms with Gasteiger partial charge in [0, 0.05) is 23.9 Å². The highest BCUT2D eigenvalue weighted by molar-refractivity contribution is 7.99. The monoisotopic (exact) mass is 446 g/mol. The largest absolute Gasteiger partial charge is 0.354 e. The summed E-state index contributed by atoms with van der Waals surface area (Å²) in [5, 5.41) is 3.54. The van der Waals surface area contributed by atoms with Crippen molar-refractivity contribution in [3.05, 3.63) is 69.7 Å². The second kappa shape index (κ2) is 12.0. The van der Waals surface area contributed by atoms with Crippen molar-refractivity contribution in [2.24, 2.45) is 0 Å². The lowest BCUT2D eigenvalue weighted by Gasteiger charge is -2.28. The maximum absolute atomic E-state index is 13.1. The van der Waals surface area contributed by atoms with E-state index in [9.17, 15) is 9.59 Å². The number of hydrogen-bond donors (Lipinski definition) is 1. The molecule has 1 unspecified atom stereocenters. The summed E-state index contributed by atoms with van der Waals surface area (Å²) in [6.07, 6.45) is 0.856. The number of amides is 2. The van der Waals surface area contributed by atoms with E-state index >= 15 is 0 Å². The summed E-state index contributed by atoms with van der Waals surface area (Å²) >= 11 is 7.56. The van der Waals surface area contributed by atoms with Crippen LogP contribution in [0.3, 0.4) is 0 Å². The molecule has 0 aromatic heterocycles. The predicted octanol–water partition coefficient (Wildman–Crippen LogP) is 5.13. The average Bonchev–Trinajstić information content (AvgIpc) is 2.70. The number of benzene rings is 2. The van der Waals surface area contributed by atoms with Gasteiger partial charge in [-0.25, -0.2) is 0 Å². The molecule has 2 amide bonds. The molecule has 0 saturated carbocycles. The molecule has 2 rings (SSSR count). The van der Waals surface area contributed by atoms with Gasteiger partial charge in [0.2, 0.25) is 11.8 Å². The maximum Gasteiger partial charge on any atom is 0.242 e. The second-order valence-corrected chi connectivity index (χ2v) is 9.03. The van der Waals surface area contributed by atoms with E-state index in [1.165, 1.54) is 16.7 Å². The van der Waals surface area contributed by atoms with Crippen LogP contribution in [-0.2, 0) is 21.9 Å². The van der Waals surface area contributed by atoms with E-state index in [0.29, 0.717) is 23.9 Å². The van der Waals surface area contributed by atoms with Gasteiger partial charge in [0.15, 0.2) is 0 Å². The molecule has 162 valence electrons. The van der Waals surface area contributed by atoms with Gasteiger partial charge in [0.25, 0.3) is 0 Å². The fraction of sp³-hybridized carbons (Fsp3) is 0.417. The Morgan fingerprint density at radius 1 is 1.07 bits per heavy atom. The SMILES string of the molecule is CCCNC(=O)C(C)N(Cc1ccc(Cl)cc1)C(=O)CSCc1cc(C)cc(C)c1. The quantitative estimate of drug-likeness (QED) is 0.550. The van der Waals surface area contributed by atoms with E-state index in [1.807, 2.05) is 19.1 Å². The minimum absolute atomic E-state index is 0.0431. The second-order valence-electron chi connectivity index (χ2n) is 7.60. The van der Waals surface area contributed by atoms with Gasteiger partial charge >= 0.3 is 0 Å². The highest BCUT2D eigenvalue weighted by Crippen LogP contribution is 2.19. The fourth-order valence-electron chi connectivity index (χ4n) is 3.26. The minimum atomic E-state index is -0.540. The smallest absolute Gasteiger partial charge is 0.242 e. The van der Waals surface area contributed by atoms with Gasteiger partial charge in [0.1, 0.15) is 6.04 Å². The number of thioether (sulfide) groups is 1. The van der Waals surface area contributed by atoms with E-state index in [0.717, 1.165) is 17.7 Å². The Bertz CT molecular complexity index is 835. The molecular formula is C24H31ClN2O2S. The van der Waals surface area contributed by atoms with Crippen molar-refractivity contribution in [1.82, 2.24) is 10.2 Å². The first kappa shape index (κ1) is 24.3. The van der Waals surface area contributed by atoms with Crippen LogP contribution >= 0.6 is 23.4 Å². The number of carbonyl (C=O) groups is 2. The lowest BCUT2D eigenvalue weighted by molar-refractivity contribution is -0.138. The van der Waals surface area contributed by atoms with E-state index in [2.05, 4.69) is 37.4 Å². The van der Waals surface area contributed by atoms with Gasteiger partial charge in [-0.15, -0.1) is 11.8 Å². The van der Waals surface area contributed by atoms with Crippen LogP contribution in [0.25, 0.3) is 0 Å². The maximum atomic E-state index is 13.1. The van der Waals surface area contributed by atoms with Gasteiger partial charge < -0.3 is 10.2 Å². The summed E-state index contributed by atoms with van der Waals surface area (Å²) in [5.41, 5.74) is 4.61. The zero-order valence-electron chi connectivity index (χ0n) is 18.2. The highest BCUT2D eigenvalue weighted by atomic mass is 35.5. The van der Waals surface area contributed by atoms with Crippen molar-refractivity contribution >= 4 is 35.2 Å².